The first-order chi connectivity index (χ1) is 8.58. The lowest BCUT2D eigenvalue weighted by atomic mass is 10.2. The van der Waals surface area contributed by atoms with E-state index in [2.05, 4.69) is 10.4 Å². The van der Waals surface area contributed by atoms with Crippen LogP contribution in [-0.2, 0) is 20.1 Å². The fraction of sp³-hybridized carbons (Fsp3) is 0.333. The number of hydrogen-bond donors (Lipinski definition) is 2. The predicted octanol–water partition coefficient (Wildman–Crippen LogP) is 1.78. The van der Waals surface area contributed by atoms with Gasteiger partial charge in [-0.3, -0.25) is 4.68 Å². The zero-order valence-corrected chi connectivity index (χ0v) is 11.1. The average molecular weight is 265 g/mol. The molecule has 0 spiro atoms. The molecule has 0 bridgehead atoms. The Labute approximate surface area is 109 Å². The summed E-state index contributed by atoms with van der Waals surface area (Å²) in [5.74, 6) is -0.866. The number of nitrogens with zero attached hydrogens (tertiary/aromatic N) is 2. The Morgan fingerprint density at radius 1 is 1.50 bits per heavy atom. The van der Waals surface area contributed by atoms with Crippen LogP contribution >= 0.6 is 11.3 Å². The Morgan fingerprint density at radius 3 is 2.83 bits per heavy atom. The molecule has 18 heavy (non-hydrogen) atoms. The van der Waals surface area contributed by atoms with Gasteiger partial charge in [0.25, 0.3) is 0 Å². The third-order valence-corrected chi connectivity index (χ3v) is 3.90. The second-order valence-corrected chi connectivity index (χ2v) is 5.22. The predicted molar refractivity (Wildman–Crippen MR) is 69.8 cm³/mol. The van der Waals surface area contributed by atoms with Crippen LogP contribution in [0, 0.1) is 6.92 Å². The fourth-order valence-corrected chi connectivity index (χ4v) is 2.44. The number of rotatable bonds is 5. The lowest BCUT2D eigenvalue weighted by Crippen LogP contribution is -2.12. The van der Waals surface area contributed by atoms with Gasteiger partial charge in [0.1, 0.15) is 4.88 Å². The second-order valence-electron chi connectivity index (χ2n) is 4.05. The number of aryl methyl sites for hydroxylation is 1. The number of aromatic carboxylic acids is 1. The first-order valence-corrected chi connectivity index (χ1v) is 6.40. The van der Waals surface area contributed by atoms with Gasteiger partial charge in [0.2, 0.25) is 0 Å². The molecule has 0 saturated heterocycles. The van der Waals surface area contributed by atoms with Crippen LogP contribution in [0.4, 0.5) is 0 Å². The molecule has 0 aliphatic carbocycles. The van der Waals surface area contributed by atoms with Gasteiger partial charge in [-0.05, 0) is 19.1 Å². The number of carbonyl (C=O) groups is 1. The van der Waals surface area contributed by atoms with Gasteiger partial charge in [0.05, 0.1) is 6.20 Å². The summed E-state index contributed by atoms with van der Waals surface area (Å²) < 4.78 is 1.84. The Morgan fingerprint density at radius 2 is 2.28 bits per heavy atom. The van der Waals surface area contributed by atoms with Gasteiger partial charge < -0.3 is 10.4 Å². The largest absolute Gasteiger partial charge is 0.477 e. The highest BCUT2D eigenvalue weighted by Gasteiger charge is 2.07. The molecule has 0 aromatic carbocycles. The molecule has 96 valence electrons. The fourth-order valence-electron chi connectivity index (χ4n) is 1.63. The molecule has 6 heteroatoms. The quantitative estimate of drug-likeness (QED) is 0.864. The van der Waals surface area contributed by atoms with E-state index < -0.39 is 5.97 Å². The van der Waals surface area contributed by atoms with Gasteiger partial charge in [0.15, 0.2) is 0 Å². The third-order valence-electron chi connectivity index (χ3n) is 2.82. The number of carboxylic acids is 1. The standard InChI is InChI=1S/C12H15N3O2S/c1-8-9(6-14-15(8)2)5-13-7-10-3-4-11(18-10)12(16)17/h3-4,6,13H,5,7H2,1-2H3,(H,16,17). The molecule has 2 aromatic heterocycles. The number of thiophene rings is 1. The van der Waals surface area contributed by atoms with Crippen molar-refractivity contribution in [1.29, 1.82) is 0 Å². The monoisotopic (exact) mass is 265 g/mol. The third kappa shape index (κ3) is 2.77. The number of carboxylic acid groups (broad SMARTS) is 1. The van der Waals surface area contributed by atoms with Crippen LogP contribution in [0.1, 0.15) is 25.8 Å². The van der Waals surface area contributed by atoms with Gasteiger partial charge in [-0.1, -0.05) is 0 Å². The van der Waals surface area contributed by atoms with Gasteiger partial charge in [-0.25, -0.2) is 4.79 Å². The molecule has 2 heterocycles. The molecule has 0 amide bonds. The lowest BCUT2D eigenvalue weighted by molar-refractivity contribution is 0.0702. The molecule has 5 nitrogen and oxygen atoms in total. The maximum absolute atomic E-state index is 10.7. The highest BCUT2D eigenvalue weighted by Crippen LogP contribution is 2.16. The summed E-state index contributed by atoms with van der Waals surface area (Å²) in [4.78, 5) is 12.1. The van der Waals surface area contributed by atoms with Crippen molar-refractivity contribution in [2.24, 2.45) is 7.05 Å². The molecule has 0 saturated carbocycles. The molecule has 2 rings (SSSR count). The van der Waals surface area contributed by atoms with E-state index in [1.54, 1.807) is 6.07 Å². The molecule has 0 aliphatic rings. The summed E-state index contributed by atoms with van der Waals surface area (Å²) in [6.07, 6.45) is 1.85. The van der Waals surface area contributed by atoms with E-state index in [0.717, 1.165) is 22.7 Å². The minimum atomic E-state index is -0.866. The van der Waals surface area contributed by atoms with Crippen LogP contribution in [0.15, 0.2) is 18.3 Å². The van der Waals surface area contributed by atoms with E-state index in [1.807, 2.05) is 30.9 Å². The Hall–Kier alpha value is -1.66. The second kappa shape index (κ2) is 5.32. The minimum absolute atomic E-state index is 0.379. The van der Waals surface area contributed by atoms with Crippen molar-refractivity contribution in [2.45, 2.75) is 20.0 Å². The van der Waals surface area contributed by atoms with Crippen LogP contribution in [0.3, 0.4) is 0 Å². The van der Waals surface area contributed by atoms with Crippen molar-refractivity contribution in [3.8, 4) is 0 Å². The van der Waals surface area contributed by atoms with Gasteiger partial charge in [-0.2, -0.15) is 5.10 Å². The summed E-state index contributed by atoms with van der Waals surface area (Å²) in [7, 11) is 1.91. The van der Waals surface area contributed by atoms with Crippen LogP contribution in [0.25, 0.3) is 0 Å². The van der Waals surface area contributed by atoms with Gasteiger partial charge in [0, 0.05) is 36.3 Å². The van der Waals surface area contributed by atoms with Crippen molar-refractivity contribution >= 4 is 17.3 Å². The van der Waals surface area contributed by atoms with E-state index in [0.29, 0.717) is 11.4 Å². The van der Waals surface area contributed by atoms with Crippen molar-refractivity contribution in [1.82, 2.24) is 15.1 Å². The molecule has 0 aliphatic heterocycles. The van der Waals surface area contributed by atoms with Crippen molar-refractivity contribution < 1.29 is 9.90 Å². The molecule has 0 atom stereocenters. The maximum Gasteiger partial charge on any atom is 0.345 e. The van der Waals surface area contributed by atoms with E-state index in [9.17, 15) is 4.79 Å². The Bertz CT molecular complexity index is 559. The molecular formula is C12H15N3O2S. The zero-order valence-electron chi connectivity index (χ0n) is 10.3. The molecule has 2 aromatic rings. The van der Waals surface area contributed by atoms with E-state index in [1.165, 1.54) is 11.3 Å². The molecule has 2 N–H and O–H groups in total. The van der Waals surface area contributed by atoms with Crippen molar-refractivity contribution in [2.75, 3.05) is 0 Å². The topological polar surface area (TPSA) is 67.2 Å². The Kier molecular flexibility index (Phi) is 3.78. The molecular weight excluding hydrogens is 250 g/mol. The van der Waals surface area contributed by atoms with E-state index in [-0.39, 0.29) is 0 Å². The first-order valence-electron chi connectivity index (χ1n) is 5.58. The normalized spacial score (nSPS) is 10.8. The SMILES string of the molecule is Cc1c(CNCc2ccc(C(=O)O)s2)cnn1C. The average Bonchev–Trinajstić information content (AvgIpc) is 2.91. The van der Waals surface area contributed by atoms with E-state index in [4.69, 9.17) is 5.11 Å². The van der Waals surface area contributed by atoms with Crippen LogP contribution in [0.2, 0.25) is 0 Å². The highest BCUT2D eigenvalue weighted by molar-refractivity contribution is 7.13. The van der Waals surface area contributed by atoms with E-state index >= 15 is 0 Å². The molecule has 0 radical (unpaired) electrons. The van der Waals surface area contributed by atoms with Crippen molar-refractivity contribution in [3.05, 3.63) is 39.3 Å². The van der Waals surface area contributed by atoms with Crippen LogP contribution in [-0.4, -0.2) is 20.9 Å². The highest BCUT2D eigenvalue weighted by atomic mass is 32.1. The lowest BCUT2D eigenvalue weighted by Gasteiger charge is -2.02. The first kappa shape index (κ1) is 12.8. The summed E-state index contributed by atoms with van der Waals surface area (Å²) in [5.41, 5.74) is 2.30. The number of nitrogens with one attached hydrogen (secondary N) is 1. The summed E-state index contributed by atoms with van der Waals surface area (Å²) in [5, 5.41) is 16.3. The summed E-state index contributed by atoms with van der Waals surface area (Å²) in [6, 6.07) is 3.48. The minimum Gasteiger partial charge on any atom is -0.477 e. The molecule has 0 fully saturated rings. The Balaban J connectivity index is 1.88. The maximum atomic E-state index is 10.7. The summed E-state index contributed by atoms with van der Waals surface area (Å²) in [6.45, 7) is 3.43. The number of aromatic nitrogens is 2. The number of hydrogen-bond acceptors (Lipinski definition) is 4. The zero-order chi connectivity index (χ0) is 13.1. The smallest absolute Gasteiger partial charge is 0.345 e. The molecule has 0 unspecified atom stereocenters. The van der Waals surface area contributed by atoms with Gasteiger partial charge >= 0.3 is 5.97 Å². The van der Waals surface area contributed by atoms with Crippen LogP contribution < -0.4 is 5.32 Å². The van der Waals surface area contributed by atoms with Crippen molar-refractivity contribution in [3.63, 3.8) is 0 Å². The summed E-state index contributed by atoms with van der Waals surface area (Å²) >= 11 is 1.30. The van der Waals surface area contributed by atoms with Gasteiger partial charge in [-0.15, -0.1) is 11.3 Å². The van der Waals surface area contributed by atoms with Crippen LogP contribution in [0.5, 0.6) is 0 Å².